The summed E-state index contributed by atoms with van der Waals surface area (Å²) in [4.78, 5) is 4.45. The average molecular weight is 379 g/mol. The zero-order valence-electron chi connectivity index (χ0n) is 14.6. The van der Waals surface area contributed by atoms with Crippen LogP contribution in [-0.2, 0) is 12.4 Å². The Morgan fingerprint density at radius 3 is 2.74 bits per heavy atom. The van der Waals surface area contributed by atoms with Gasteiger partial charge in [-0.2, -0.15) is 4.68 Å². The first-order valence-electron chi connectivity index (χ1n) is 8.35. The number of H-pyrrole nitrogens is 1. The molecule has 0 aliphatic carbocycles. The highest BCUT2D eigenvalue weighted by Crippen LogP contribution is 2.20. The third-order valence-corrected chi connectivity index (χ3v) is 4.68. The van der Waals surface area contributed by atoms with Crippen molar-refractivity contribution in [3.05, 3.63) is 71.8 Å². The number of ether oxygens (including phenoxy) is 1. The van der Waals surface area contributed by atoms with Gasteiger partial charge < -0.3 is 4.74 Å². The number of tetrazole rings is 1. The van der Waals surface area contributed by atoms with Gasteiger partial charge in [-0.05, 0) is 41.1 Å². The number of thioether (sulfide) groups is 1. The molecule has 27 heavy (non-hydrogen) atoms. The maximum atomic E-state index is 5.78. The van der Waals surface area contributed by atoms with Crippen LogP contribution in [0.15, 0.2) is 59.8 Å². The molecule has 0 aliphatic rings. The van der Waals surface area contributed by atoms with E-state index in [0.29, 0.717) is 23.3 Å². The van der Waals surface area contributed by atoms with E-state index in [1.165, 1.54) is 11.8 Å². The molecule has 0 bridgehead atoms. The summed E-state index contributed by atoms with van der Waals surface area (Å²) in [5, 5.41) is 19.7. The Labute approximate surface area is 160 Å². The number of nitrogens with zero attached hydrogens (tertiary/aromatic N) is 6. The van der Waals surface area contributed by atoms with Gasteiger partial charge in [-0.25, -0.2) is 4.98 Å². The molecule has 2 heterocycles. The topological polar surface area (TPSA) is 94.4 Å². The molecule has 0 saturated carbocycles. The molecular weight excluding hydrogens is 362 g/mol. The van der Waals surface area contributed by atoms with Crippen molar-refractivity contribution >= 4 is 11.8 Å². The summed E-state index contributed by atoms with van der Waals surface area (Å²) in [5.41, 5.74) is 2.00. The zero-order chi connectivity index (χ0) is 18.5. The largest absolute Gasteiger partial charge is 0.485 e. The summed E-state index contributed by atoms with van der Waals surface area (Å²) in [6, 6.07) is 17.6. The number of nitrogens with one attached hydrogen (secondary N) is 1. The molecule has 2 aromatic carbocycles. The third kappa shape index (κ3) is 4.14. The maximum Gasteiger partial charge on any atom is 0.208 e. The van der Waals surface area contributed by atoms with Crippen LogP contribution in [0.5, 0.6) is 5.75 Å². The quantitative estimate of drug-likeness (QED) is 0.493. The maximum absolute atomic E-state index is 5.78. The minimum Gasteiger partial charge on any atom is -0.485 e. The third-order valence-electron chi connectivity index (χ3n) is 3.83. The van der Waals surface area contributed by atoms with Crippen molar-refractivity contribution in [3.8, 4) is 11.4 Å². The van der Waals surface area contributed by atoms with Crippen molar-refractivity contribution in [1.82, 2.24) is 35.4 Å². The second-order valence-corrected chi connectivity index (χ2v) is 6.69. The Balaban J connectivity index is 1.37. The summed E-state index contributed by atoms with van der Waals surface area (Å²) in [6.07, 6.45) is 0. The van der Waals surface area contributed by atoms with Crippen LogP contribution in [0.2, 0.25) is 0 Å². The standard InChI is InChI=1S/C18H17N7OS/c1-13-7-5-6-10-15(13)26-11-16-19-18(22-20-16)27-12-17-21-23-24-25(17)14-8-3-2-4-9-14/h2-10H,11-12H2,1H3,(H,19,20,22). The fourth-order valence-corrected chi connectivity index (χ4v) is 3.19. The van der Waals surface area contributed by atoms with Gasteiger partial charge in [-0.3, -0.25) is 5.10 Å². The van der Waals surface area contributed by atoms with Crippen molar-refractivity contribution < 1.29 is 4.74 Å². The highest BCUT2D eigenvalue weighted by Gasteiger charge is 2.11. The summed E-state index contributed by atoms with van der Waals surface area (Å²) in [6.45, 7) is 2.34. The zero-order valence-corrected chi connectivity index (χ0v) is 15.4. The monoisotopic (exact) mass is 379 g/mol. The van der Waals surface area contributed by atoms with Crippen LogP contribution in [0.4, 0.5) is 0 Å². The Morgan fingerprint density at radius 2 is 1.89 bits per heavy atom. The van der Waals surface area contributed by atoms with Crippen LogP contribution in [0.25, 0.3) is 5.69 Å². The molecule has 8 nitrogen and oxygen atoms in total. The second kappa shape index (κ2) is 8.00. The number of rotatable bonds is 7. The summed E-state index contributed by atoms with van der Waals surface area (Å²) in [7, 11) is 0. The van der Waals surface area contributed by atoms with Crippen LogP contribution in [0.1, 0.15) is 17.2 Å². The molecule has 4 aromatic rings. The normalized spacial score (nSPS) is 10.9. The number of aromatic nitrogens is 7. The van der Waals surface area contributed by atoms with E-state index in [1.54, 1.807) is 4.68 Å². The van der Waals surface area contributed by atoms with E-state index >= 15 is 0 Å². The molecule has 1 N–H and O–H groups in total. The highest BCUT2D eigenvalue weighted by atomic mass is 32.2. The number of hydrogen-bond acceptors (Lipinski definition) is 7. The first-order chi connectivity index (χ1) is 13.3. The number of hydrogen-bond donors (Lipinski definition) is 1. The van der Waals surface area contributed by atoms with Crippen molar-refractivity contribution in [2.45, 2.75) is 24.4 Å². The Kier molecular flexibility index (Phi) is 5.10. The second-order valence-electron chi connectivity index (χ2n) is 5.75. The van der Waals surface area contributed by atoms with Crippen LogP contribution in [0, 0.1) is 6.92 Å². The lowest BCUT2D eigenvalue weighted by Crippen LogP contribution is -2.02. The predicted molar refractivity (Wildman–Crippen MR) is 101 cm³/mol. The summed E-state index contributed by atoms with van der Waals surface area (Å²) < 4.78 is 7.49. The van der Waals surface area contributed by atoms with Crippen LogP contribution in [-0.4, -0.2) is 35.4 Å². The van der Waals surface area contributed by atoms with Gasteiger partial charge in [0.2, 0.25) is 5.16 Å². The molecule has 0 atom stereocenters. The van der Waals surface area contributed by atoms with Gasteiger partial charge in [0, 0.05) is 0 Å². The van der Waals surface area contributed by atoms with Crippen molar-refractivity contribution in [1.29, 1.82) is 0 Å². The molecule has 0 unspecified atom stereocenters. The van der Waals surface area contributed by atoms with Crippen molar-refractivity contribution in [3.63, 3.8) is 0 Å². The van der Waals surface area contributed by atoms with E-state index in [0.717, 1.165) is 22.8 Å². The SMILES string of the molecule is Cc1ccccc1OCc1nc(SCc2nnnn2-c2ccccc2)n[nH]1. The fraction of sp³-hybridized carbons (Fsp3) is 0.167. The van der Waals surface area contributed by atoms with E-state index in [9.17, 15) is 0 Å². The number of benzene rings is 2. The van der Waals surface area contributed by atoms with Crippen molar-refractivity contribution in [2.24, 2.45) is 0 Å². The minimum atomic E-state index is 0.333. The predicted octanol–water partition coefficient (Wildman–Crippen LogP) is 2.96. The van der Waals surface area contributed by atoms with E-state index in [2.05, 4.69) is 30.7 Å². The van der Waals surface area contributed by atoms with Gasteiger partial charge in [0.15, 0.2) is 11.6 Å². The first-order valence-corrected chi connectivity index (χ1v) is 9.33. The number of para-hydroxylation sites is 2. The molecule has 4 rings (SSSR count). The number of aryl methyl sites for hydroxylation is 1. The van der Waals surface area contributed by atoms with E-state index in [-0.39, 0.29) is 0 Å². The Morgan fingerprint density at radius 1 is 1.07 bits per heavy atom. The molecule has 2 aromatic heterocycles. The van der Waals surface area contributed by atoms with E-state index in [1.807, 2.05) is 61.5 Å². The molecule has 0 radical (unpaired) electrons. The molecule has 0 saturated heterocycles. The lowest BCUT2D eigenvalue weighted by Gasteiger charge is -2.06. The fourth-order valence-electron chi connectivity index (χ4n) is 2.47. The molecule has 0 amide bonds. The lowest BCUT2D eigenvalue weighted by atomic mass is 10.2. The first kappa shape index (κ1) is 17.2. The summed E-state index contributed by atoms with van der Waals surface area (Å²) >= 11 is 1.46. The number of aromatic amines is 1. The summed E-state index contributed by atoms with van der Waals surface area (Å²) in [5.74, 6) is 2.79. The van der Waals surface area contributed by atoms with E-state index in [4.69, 9.17) is 4.74 Å². The van der Waals surface area contributed by atoms with Crippen LogP contribution in [0.3, 0.4) is 0 Å². The van der Waals surface area contributed by atoms with E-state index < -0.39 is 0 Å². The molecule has 0 fully saturated rings. The van der Waals surface area contributed by atoms with Gasteiger partial charge in [-0.1, -0.05) is 48.2 Å². The average Bonchev–Trinajstić information content (AvgIpc) is 3.36. The smallest absolute Gasteiger partial charge is 0.208 e. The molecule has 136 valence electrons. The Bertz CT molecular complexity index is 1020. The molecule has 0 aliphatic heterocycles. The van der Waals surface area contributed by atoms with Gasteiger partial charge in [0.1, 0.15) is 12.4 Å². The van der Waals surface area contributed by atoms with Gasteiger partial charge in [-0.15, -0.1) is 10.2 Å². The highest BCUT2D eigenvalue weighted by molar-refractivity contribution is 7.98. The minimum absolute atomic E-state index is 0.333. The van der Waals surface area contributed by atoms with Gasteiger partial charge in [0.05, 0.1) is 11.4 Å². The lowest BCUT2D eigenvalue weighted by molar-refractivity contribution is 0.294. The van der Waals surface area contributed by atoms with Crippen LogP contribution >= 0.6 is 11.8 Å². The van der Waals surface area contributed by atoms with Gasteiger partial charge >= 0.3 is 0 Å². The van der Waals surface area contributed by atoms with Crippen molar-refractivity contribution in [2.75, 3.05) is 0 Å². The molecule has 9 heteroatoms. The van der Waals surface area contributed by atoms with Gasteiger partial charge in [0.25, 0.3) is 0 Å². The van der Waals surface area contributed by atoms with Crippen LogP contribution < -0.4 is 4.74 Å². The molecule has 0 spiro atoms. The molecular formula is C18H17N7OS. The Hall–Kier alpha value is -3.20.